The van der Waals surface area contributed by atoms with Crippen LogP contribution in [0.15, 0.2) is 78.9 Å². The van der Waals surface area contributed by atoms with Gasteiger partial charge in [-0.25, -0.2) is 4.79 Å². The van der Waals surface area contributed by atoms with Gasteiger partial charge < -0.3 is 30.2 Å². The van der Waals surface area contributed by atoms with E-state index in [9.17, 15) is 24.3 Å². The van der Waals surface area contributed by atoms with Crippen LogP contribution in [0.4, 0.5) is 5.69 Å². The number of esters is 1. The summed E-state index contributed by atoms with van der Waals surface area (Å²) in [6.45, 7) is 11.1. The highest BCUT2D eigenvalue weighted by Crippen LogP contribution is 2.37. The fourth-order valence-electron chi connectivity index (χ4n) is 4.79. The van der Waals surface area contributed by atoms with Gasteiger partial charge in [-0.3, -0.25) is 14.4 Å². The van der Waals surface area contributed by atoms with Crippen molar-refractivity contribution in [2.45, 2.75) is 57.9 Å². The van der Waals surface area contributed by atoms with Crippen molar-refractivity contribution in [1.82, 2.24) is 10.6 Å². The topological polar surface area (TPSA) is 143 Å². The maximum absolute atomic E-state index is 13.3. The molecule has 10 nitrogen and oxygen atoms in total. The summed E-state index contributed by atoms with van der Waals surface area (Å²) in [5.74, 6) is -1.71. The van der Waals surface area contributed by atoms with Crippen molar-refractivity contribution < 1.29 is 33.4 Å². The van der Waals surface area contributed by atoms with E-state index in [-0.39, 0.29) is 61.4 Å². The van der Waals surface area contributed by atoms with Crippen LogP contribution in [0.3, 0.4) is 0 Å². The number of amides is 3. The highest BCUT2D eigenvalue weighted by Gasteiger charge is 2.39. The first kappa shape index (κ1) is 40.2. The van der Waals surface area contributed by atoms with Crippen LogP contribution in [0.2, 0.25) is 33.2 Å². The van der Waals surface area contributed by atoms with Gasteiger partial charge in [-0.05, 0) is 83.9 Å². The fraction of sp³-hybridized carbons (Fsp3) is 0.263. The molecular weight excluding hydrogens is 745 g/mol. The van der Waals surface area contributed by atoms with Crippen molar-refractivity contribution >= 4 is 72.5 Å². The van der Waals surface area contributed by atoms with E-state index < -0.39 is 32.1 Å². The van der Waals surface area contributed by atoms with Crippen molar-refractivity contribution in [3.63, 3.8) is 0 Å². The van der Waals surface area contributed by atoms with E-state index >= 15 is 0 Å². The molecule has 4 aromatic rings. The Kier molecular flexibility index (Phi) is 13.0. The molecule has 52 heavy (non-hydrogen) atoms. The molecule has 274 valence electrons. The zero-order valence-electron chi connectivity index (χ0n) is 29.5. The third kappa shape index (κ3) is 10.3. The molecule has 4 aromatic carbocycles. The Bertz CT molecular complexity index is 1960. The SMILES string of the molecule is COC(=O)C(Cc1ccc(NC(=O)c2c(Cl)cc(O)cc2Cl)cc1)NC(=O)c1ccc(C(=O)NCc2cccc(O[Si](C)(C)C(C)(C)C)c2)cc1Cl. The highest BCUT2D eigenvalue weighted by molar-refractivity contribution is 6.74. The van der Waals surface area contributed by atoms with Gasteiger partial charge in [0, 0.05) is 24.2 Å². The summed E-state index contributed by atoms with van der Waals surface area (Å²) in [6.07, 6.45) is 0.0580. The van der Waals surface area contributed by atoms with E-state index in [1.807, 2.05) is 24.3 Å². The Morgan fingerprint density at radius 3 is 2.06 bits per heavy atom. The van der Waals surface area contributed by atoms with Crippen LogP contribution >= 0.6 is 34.8 Å². The van der Waals surface area contributed by atoms with E-state index in [4.69, 9.17) is 44.0 Å². The van der Waals surface area contributed by atoms with E-state index in [1.165, 1.54) is 37.4 Å². The minimum absolute atomic E-state index is 0.000280. The standard InChI is InChI=1S/C38H40Cl3N3O7Si/c1-38(2,3)52(5,6)51-27-9-7-8-23(16-27)21-42-34(46)24-12-15-28(29(39)18-24)35(47)44-32(37(49)50-4)17-22-10-13-25(14-11-22)43-36(48)33-30(40)19-26(45)20-31(33)41/h7-16,18-20,32,45H,17,21H2,1-6H3,(H,42,46)(H,43,48)(H,44,47). The minimum atomic E-state index is -2.03. The molecule has 14 heteroatoms. The lowest BCUT2D eigenvalue weighted by molar-refractivity contribution is -0.142. The number of carbonyl (C=O) groups is 4. The van der Waals surface area contributed by atoms with Crippen molar-refractivity contribution in [2.75, 3.05) is 12.4 Å². The summed E-state index contributed by atoms with van der Waals surface area (Å²) in [4.78, 5) is 51.7. The monoisotopic (exact) mass is 783 g/mol. The predicted octanol–water partition coefficient (Wildman–Crippen LogP) is 8.43. The number of nitrogens with one attached hydrogen (secondary N) is 3. The third-order valence-electron chi connectivity index (χ3n) is 8.70. The molecule has 0 bridgehead atoms. The number of carbonyl (C=O) groups excluding carboxylic acids is 4. The van der Waals surface area contributed by atoms with Gasteiger partial charge in [0.1, 0.15) is 17.5 Å². The average Bonchev–Trinajstić information content (AvgIpc) is 3.06. The van der Waals surface area contributed by atoms with E-state index in [0.717, 1.165) is 11.3 Å². The third-order valence-corrected chi connectivity index (χ3v) is 14.0. The molecule has 1 atom stereocenters. The summed E-state index contributed by atoms with van der Waals surface area (Å²) in [5, 5.41) is 17.9. The zero-order valence-corrected chi connectivity index (χ0v) is 32.8. The molecule has 0 aliphatic carbocycles. The Balaban J connectivity index is 1.37. The molecule has 0 aliphatic rings. The quantitative estimate of drug-likeness (QED) is 0.0835. The van der Waals surface area contributed by atoms with E-state index in [0.29, 0.717) is 11.3 Å². The summed E-state index contributed by atoms with van der Waals surface area (Å²) in [5.41, 5.74) is 2.23. The molecule has 0 spiro atoms. The maximum Gasteiger partial charge on any atom is 0.328 e. The fourth-order valence-corrected chi connectivity index (χ4v) is 6.73. The van der Waals surface area contributed by atoms with Gasteiger partial charge in [0.15, 0.2) is 0 Å². The van der Waals surface area contributed by atoms with E-state index in [2.05, 4.69) is 49.8 Å². The molecule has 4 N–H and O–H groups in total. The van der Waals surface area contributed by atoms with E-state index in [1.54, 1.807) is 24.3 Å². The molecule has 0 saturated heterocycles. The number of phenols is 1. The molecule has 0 saturated carbocycles. The second-order valence-corrected chi connectivity index (χ2v) is 19.5. The number of hydrogen-bond acceptors (Lipinski definition) is 7. The first-order chi connectivity index (χ1) is 24.4. The molecule has 1 unspecified atom stereocenters. The number of halogens is 3. The van der Waals surface area contributed by atoms with Gasteiger partial charge in [-0.2, -0.15) is 0 Å². The summed E-state index contributed by atoms with van der Waals surface area (Å²) >= 11 is 18.6. The normalized spacial score (nSPS) is 12.0. The average molecular weight is 785 g/mol. The minimum Gasteiger partial charge on any atom is -0.543 e. The lowest BCUT2D eigenvalue weighted by atomic mass is 10.0. The predicted molar refractivity (Wildman–Crippen MR) is 206 cm³/mol. The van der Waals surface area contributed by atoms with Gasteiger partial charge in [0.25, 0.3) is 17.7 Å². The van der Waals surface area contributed by atoms with Crippen LogP contribution in [0, 0.1) is 0 Å². The van der Waals surface area contributed by atoms with Gasteiger partial charge in [-0.1, -0.05) is 79.8 Å². The Morgan fingerprint density at radius 1 is 0.808 bits per heavy atom. The van der Waals surface area contributed by atoms with Crippen molar-refractivity contribution in [1.29, 1.82) is 0 Å². The van der Waals surface area contributed by atoms with Crippen LogP contribution in [0.1, 0.15) is 63.0 Å². The molecular formula is C38H40Cl3N3O7Si. The molecule has 3 amide bonds. The summed E-state index contributed by atoms with van der Waals surface area (Å²) in [7, 11) is -0.827. The lowest BCUT2D eigenvalue weighted by Crippen LogP contribution is -2.43. The highest BCUT2D eigenvalue weighted by atomic mass is 35.5. The van der Waals surface area contributed by atoms with Gasteiger partial charge in [0.2, 0.25) is 8.32 Å². The summed E-state index contributed by atoms with van der Waals surface area (Å²) in [6, 6.07) is 19.8. The van der Waals surface area contributed by atoms with Gasteiger partial charge in [0.05, 0.1) is 33.3 Å². The van der Waals surface area contributed by atoms with Crippen LogP contribution in [-0.4, -0.2) is 50.3 Å². The number of methoxy groups -OCH3 is 1. The number of phenolic OH excluding ortho intramolecular Hbond substituents is 1. The largest absolute Gasteiger partial charge is 0.543 e. The molecule has 0 aliphatic heterocycles. The number of ether oxygens (including phenoxy) is 1. The number of anilines is 1. The van der Waals surface area contributed by atoms with Crippen molar-refractivity contribution in [3.8, 4) is 11.5 Å². The molecule has 0 aromatic heterocycles. The summed E-state index contributed by atoms with van der Waals surface area (Å²) < 4.78 is 11.3. The number of aromatic hydroxyl groups is 1. The number of hydrogen-bond donors (Lipinski definition) is 4. The second-order valence-electron chi connectivity index (χ2n) is 13.6. The lowest BCUT2D eigenvalue weighted by Gasteiger charge is -2.36. The Hall–Kier alpha value is -4.55. The Morgan fingerprint density at radius 2 is 1.46 bits per heavy atom. The van der Waals surface area contributed by atoms with Gasteiger partial charge in [-0.15, -0.1) is 0 Å². The first-order valence-electron chi connectivity index (χ1n) is 16.2. The second kappa shape index (κ2) is 16.9. The zero-order chi connectivity index (χ0) is 38.4. The maximum atomic E-state index is 13.3. The van der Waals surface area contributed by atoms with Crippen molar-refractivity contribution in [3.05, 3.63) is 122 Å². The number of rotatable bonds is 12. The Labute approximate surface area is 318 Å². The molecule has 0 fully saturated rings. The molecule has 0 heterocycles. The molecule has 0 radical (unpaired) electrons. The van der Waals surface area contributed by atoms with Crippen molar-refractivity contribution in [2.24, 2.45) is 0 Å². The smallest absolute Gasteiger partial charge is 0.328 e. The van der Waals surface area contributed by atoms with Crippen LogP contribution in [-0.2, 0) is 22.5 Å². The molecule has 4 rings (SSSR count). The van der Waals surface area contributed by atoms with Crippen LogP contribution in [0.25, 0.3) is 0 Å². The first-order valence-corrected chi connectivity index (χ1v) is 20.3. The number of benzene rings is 4. The van der Waals surface area contributed by atoms with Crippen LogP contribution < -0.4 is 20.4 Å². The van der Waals surface area contributed by atoms with Crippen LogP contribution in [0.5, 0.6) is 11.5 Å². The van der Waals surface area contributed by atoms with Gasteiger partial charge >= 0.3 is 5.97 Å².